The Kier molecular flexibility index (Phi) is 4.48. The number of aliphatic carboxylic acids is 1. The Labute approximate surface area is 100 Å². The lowest BCUT2D eigenvalue weighted by atomic mass is 10.0. The number of hydrogen-bond acceptors (Lipinski definition) is 3. The molecule has 6 heteroatoms. The molecule has 0 radical (unpaired) electrons. The summed E-state index contributed by atoms with van der Waals surface area (Å²) in [5.74, 6) is -1.47. The first-order valence-electron chi connectivity index (χ1n) is 5.67. The Balaban J connectivity index is 2.65. The van der Waals surface area contributed by atoms with Crippen molar-refractivity contribution in [2.24, 2.45) is 0 Å². The van der Waals surface area contributed by atoms with Gasteiger partial charge in [0.2, 0.25) is 11.8 Å². The third kappa shape index (κ3) is 3.44. The summed E-state index contributed by atoms with van der Waals surface area (Å²) in [6, 6.07) is -0.739. The molecule has 1 rings (SSSR count). The van der Waals surface area contributed by atoms with E-state index in [0.717, 1.165) is 12.8 Å². The molecule has 0 spiro atoms. The normalized spacial score (nSPS) is 19.9. The van der Waals surface area contributed by atoms with E-state index in [4.69, 9.17) is 5.11 Å². The first kappa shape index (κ1) is 13.5. The van der Waals surface area contributed by atoms with E-state index in [1.165, 1.54) is 23.8 Å². The summed E-state index contributed by atoms with van der Waals surface area (Å²) >= 11 is 0. The lowest BCUT2D eigenvalue weighted by Crippen LogP contribution is -2.51. The molecule has 17 heavy (non-hydrogen) atoms. The van der Waals surface area contributed by atoms with Crippen LogP contribution in [0.15, 0.2) is 0 Å². The van der Waals surface area contributed by atoms with Crippen molar-refractivity contribution in [3.8, 4) is 0 Å². The maximum absolute atomic E-state index is 11.9. The third-order valence-electron chi connectivity index (χ3n) is 3.02. The molecule has 96 valence electrons. The van der Waals surface area contributed by atoms with Gasteiger partial charge in [-0.1, -0.05) is 0 Å². The Morgan fingerprint density at radius 1 is 1.35 bits per heavy atom. The summed E-state index contributed by atoms with van der Waals surface area (Å²) in [4.78, 5) is 36.6. The van der Waals surface area contributed by atoms with Crippen LogP contribution < -0.4 is 0 Å². The number of carbonyl (C=O) groups excluding carboxylic acids is 2. The largest absolute Gasteiger partial charge is 0.480 e. The number of likely N-dealkylation sites (N-methyl/N-ethyl adjacent to an activating group) is 1. The third-order valence-corrected chi connectivity index (χ3v) is 3.02. The molecular weight excluding hydrogens is 224 g/mol. The molecule has 0 saturated carbocycles. The monoisotopic (exact) mass is 242 g/mol. The average Bonchev–Trinajstić information content (AvgIpc) is 2.28. The van der Waals surface area contributed by atoms with Crippen molar-refractivity contribution in [2.45, 2.75) is 32.2 Å². The summed E-state index contributed by atoms with van der Waals surface area (Å²) in [6.45, 7) is 1.78. The van der Waals surface area contributed by atoms with E-state index in [0.29, 0.717) is 13.0 Å². The molecular formula is C11H18N2O4. The van der Waals surface area contributed by atoms with Gasteiger partial charge in [-0.25, -0.2) is 4.79 Å². The molecule has 1 aliphatic rings. The van der Waals surface area contributed by atoms with Gasteiger partial charge in [-0.3, -0.25) is 9.59 Å². The first-order chi connectivity index (χ1) is 7.93. The molecule has 1 N–H and O–H groups in total. The number of likely N-dealkylation sites (tertiary alicyclic amines) is 1. The maximum Gasteiger partial charge on any atom is 0.326 e. The molecule has 1 saturated heterocycles. The molecule has 0 aliphatic carbocycles. The molecule has 0 aromatic heterocycles. The van der Waals surface area contributed by atoms with Crippen LogP contribution in [0.2, 0.25) is 0 Å². The highest BCUT2D eigenvalue weighted by atomic mass is 16.4. The SMILES string of the molecule is CC(=O)N(C)CC(=O)N1CCCC[C@@H]1C(=O)O. The molecule has 1 heterocycles. The van der Waals surface area contributed by atoms with Crippen molar-refractivity contribution in [3.05, 3.63) is 0 Å². The van der Waals surface area contributed by atoms with E-state index in [-0.39, 0.29) is 18.4 Å². The number of hydrogen-bond donors (Lipinski definition) is 1. The second kappa shape index (κ2) is 5.65. The second-order valence-electron chi connectivity index (χ2n) is 4.31. The Morgan fingerprint density at radius 2 is 2.00 bits per heavy atom. The van der Waals surface area contributed by atoms with Gasteiger partial charge in [0.25, 0.3) is 0 Å². The summed E-state index contributed by atoms with van der Waals surface area (Å²) in [5.41, 5.74) is 0. The summed E-state index contributed by atoms with van der Waals surface area (Å²) < 4.78 is 0. The zero-order valence-electron chi connectivity index (χ0n) is 10.2. The van der Waals surface area contributed by atoms with Gasteiger partial charge in [0.05, 0.1) is 6.54 Å². The van der Waals surface area contributed by atoms with Crippen LogP contribution in [0.3, 0.4) is 0 Å². The molecule has 1 atom stereocenters. The van der Waals surface area contributed by atoms with Crippen LogP contribution in [-0.4, -0.2) is 58.9 Å². The van der Waals surface area contributed by atoms with E-state index in [2.05, 4.69) is 0 Å². The van der Waals surface area contributed by atoms with Crippen molar-refractivity contribution in [3.63, 3.8) is 0 Å². The standard InChI is InChI=1S/C11H18N2O4/c1-8(14)12(2)7-10(15)13-6-4-3-5-9(13)11(16)17/h9H,3-7H2,1-2H3,(H,16,17)/t9-/m1/s1. The smallest absolute Gasteiger partial charge is 0.326 e. The number of amides is 2. The van der Waals surface area contributed by atoms with E-state index in [9.17, 15) is 14.4 Å². The van der Waals surface area contributed by atoms with Crippen molar-refractivity contribution in [1.29, 1.82) is 0 Å². The zero-order valence-corrected chi connectivity index (χ0v) is 10.2. The van der Waals surface area contributed by atoms with Crippen LogP contribution in [-0.2, 0) is 14.4 Å². The van der Waals surface area contributed by atoms with Crippen LogP contribution >= 0.6 is 0 Å². The summed E-state index contributed by atoms with van der Waals surface area (Å²) in [5, 5.41) is 9.03. The average molecular weight is 242 g/mol. The maximum atomic E-state index is 11.9. The van der Waals surface area contributed by atoms with E-state index in [1.54, 1.807) is 0 Å². The van der Waals surface area contributed by atoms with Gasteiger partial charge < -0.3 is 14.9 Å². The zero-order chi connectivity index (χ0) is 13.0. The quantitative estimate of drug-likeness (QED) is 0.751. The number of carboxylic acids is 1. The molecule has 6 nitrogen and oxygen atoms in total. The summed E-state index contributed by atoms with van der Waals surface area (Å²) in [6.07, 6.45) is 2.13. The minimum atomic E-state index is -0.969. The number of piperidine rings is 1. The molecule has 0 aromatic rings. The van der Waals surface area contributed by atoms with Crippen molar-refractivity contribution in [1.82, 2.24) is 9.80 Å². The van der Waals surface area contributed by atoms with E-state index >= 15 is 0 Å². The molecule has 0 unspecified atom stereocenters. The Bertz CT molecular complexity index is 329. The van der Waals surface area contributed by atoms with Gasteiger partial charge in [-0.2, -0.15) is 0 Å². The van der Waals surface area contributed by atoms with Crippen LogP contribution in [0, 0.1) is 0 Å². The molecule has 0 bridgehead atoms. The Hall–Kier alpha value is -1.59. The lowest BCUT2D eigenvalue weighted by molar-refractivity contribution is -0.153. The minimum absolute atomic E-state index is 0.0564. The fourth-order valence-electron chi connectivity index (χ4n) is 1.89. The number of rotatable bonds is 3. The van der Waals surface area contributed by atoms with Gasteiger partial charge in [0, 0.05) is 20.5 Å². The van der Waals surface area contributed by atoms with Gasteiger partial charge in [-0.05, 0) is 19.3 Å². The number of carboxylic acid groups (broad SMARTS) is 1. The van der Waals surface area contributed by atoms with Crippen LogP contribution in [0.1, 0.15) is 26.2 Å². The predicted octanol–water partition coefficient (Wildman–Crippen LogP) is -0.0696. The fraction of sp³-hybridized carbons (Fsp3) is 0.727. The topological polar surface area (TPSA) is 77.9 Å². The highest BCUT2D eigenvalue weighted by molar-refractivity contribution is 5.87. The molecule has 1 fully saturated rings. The molecule has 2 amide bonds. The fourth-order valence-corrected chi connectivity index (χ4v) is 1.89. The van der Waals surface area contributed by atoms with Crippen molar-refractivity contribution in [2.75, 3.05) is 20.1 Å². The van der Waals surface area contributed by atoms with E-state index in [1.807, 2.05) is 0 Å². The Morgan fingerprint density at radius 3 is 2.53 bits per heavy atom. The van der Waals surface area contributed by atoms with Crippen LogP contribution in [0.4, 0.5) is 0 Å². The highest BCUT2D eigenvalue weighted by Gasteiger charge is 2.32. The van der Waals surface area contributed by atoms with Crippen molar-refractivity contribution < 1.29 is 19.5 Å². The minimum Gasteiger partial charge on any atom is -0.480 e. The first-order valence-corrected chi connectivity index (χ1v) is 5.67. The highest BCUT2D eigenvalue weighted by Crippen LogP contribution is 2.17. The summed E-state index contributed by atoms with van der Waals surface area (Å²) in [7, 11) is 1.53. The van der Waals surface area contributed by atoms with Crippen LogP contribution in [0.25, 0.3) is 0 Å². The van der Waals surface area contributed by atoms with E-state index < -0.39 is 12.0 Å². The van der Waals surface area contributed by atoms with Gasteiger partial charge in [-0.15, -0.1) is 0 Å². The van der Waals surface area contributed by atoms with Gasteiger partial charge in [0.1, 0.15) is 6.04 Å². The number of carbonyl (C=O) groups is 3. The van der Waals surface area contributed by atoms with Gasteiger partial charge in [0.15, 0.2) is 0 Å². The number of nitrogens with zero attached hydrogens (tertiary/aromatic N) is 2. The molecule has 0 aromatic carbocycles. The van der Waals surface area contributed by atoms with Gasteiger partial charge >= 0.3 is 5.97 Å². The second-order valence-corrected chi connectivity index (χ2v) is 4.31. The van der Waals surface area contributed by atoms with Crippen LogP contribution in [0.5, 0.6) is 0 Å². The molecule has 1 aliphatic heterocycles. The lowest BCUT2D eigenvalue weighted by Gasteiger charge is -2.33. The predicted molar refractivity (Wildman–Crippen MR) is 60.3 cm³/mol. The van der Waals surface area contributed by atoms with Crippen molar-refractivity contribution >= 4 is 17.8 Å².